The average Bonchev–Trinajstić information content (AvgIpc) is 3.06. The standard InChI is InChI=1S/C27H32N2O3/c1-6-28(7-2)16-17-29-23(18-12-14-19(15-13-18)27(3,4)5)22-24(30)20-10-8-9-11-21(20)32-25(22)26(29)31/h8-15,23H,6-7,16-17H2,1-5H3/p+1/t23-/m0/s1. The van der Waals surface area contributed by atoms with E-state index >= 15 is 0 Å². The maximum absolute atomic E-state index is 13.5. The van der Waals surface area contributed by atoms with Gasteiger partial charge in [-0.1, -0.05) is 57.2 Å². The number of benzene rings is 2. The number of rotatable bonds is 6. The van der Waals surface area contributed by atoms with Gasteiger partial charge in [-0.25, -0.2) is 0 Å². The molecule has 168 valence electrons. The van der Waals surface area contributed by atoms with Crippen LogP contribution in [-0.4, -0.2) is 37.0 Å². The molecule has 0 saturated carbocycles. The molecule has 2 heterocycles. The number of carbonyl (C=O) groups excluding carboxylic acids is 1. The lowest BCUT2D eigenvalue weighted by Crippen LogP contribution is -3.12. The minimum absolute atomic E-state index is 0.0307. The summed E-state index contributed by atoms with van der Waals surface area (Å²) in [6, 6.07) is 15.1. The van der Waals surface area contributed by atoms with Crippen LogP contribution in [-0.2, 0) is 5.41 Å². The van der Waals surface area contributed by atoms with Crippen LogP contribution in [0.1, 0.15) is 67.9 Å². The highest BCUT2D eigenvalue weighted by atomic mass is 16.3. The molecule has 5 nitrogen and oxygen atoms in total. The Labute approximate surface area is 189 Å². The predicted molar refractivity (Wildman–Crippen MR) is 127 cm³/mol. The van der Waals surface area contributed by atoms with Crippen molar-refractivity contribution in [2.75, 3.05) is 26.2 Å². The summed E-state index contributed by atoms with van der Waals surface area (Å²) in [6.07, 6.45) is 0. The first-order valence-electron chi connectivity index (χ1n) is 11.6. The molecule has 0 bridgehead atoms. The molecule has 1 N–H and O–H groups in total. The maximum Gasteiger partial charge on any atom is 0.291 e. The highest BCUT2D eigenvalue weighted by Gasteiger charge is 2.43. The third kappa shape index (κ3) is 3.86. The van der Waals surface area contributed by atoms with E-state index in [4.69, 9.17) is 4.42 Å². The van der Waals surface area contributed by atoms with Crippen molar-refractivity contribution < 1.29 is 14.1 Å². The zero-order valence-electron chi connectivity index (χ0n) is 19.7. The number of quaternary nitrogens is 1. The summed E-state index contributed by atoms with van der Waals surface area (Å²) < 4.78 is 6.02. The zero-order valence-corrected chi connectivity index (χ0v) is 19.7. The molecule has 0 fully saturated rings. The Balaban J connectivity index is 1.84. The fourth-order valence-electron chi connectivity index (χ4n) is 4.59. The lowest BCUT2D eigenvalue weighted by Gasteiger charge is -2.27. The SMILES string of the molecule is CC[NH+](CC)CCN1C(=O)c2oc3ccccc3c(=O)c2[C@@H]1c1ccc(C(C)(C)C)cc1. The molecule has 1 amide bonds. The number of nitrogens with one attached hydrogen (secondary N) is 1. The minimum atomic E-state index is -0.428. The van der Waals surface area contributed by atoms with Crippen molar-refractivity contribution in [3.63, 3.8) is 0 Å². The lowest BCUT2D eigenvalue weighted by molar-refractivity contribution is -0.895. The van der Waals surface area contributed by atoms with Crippen LogP contribution in [0.15, 0.2) is 57.7 Å². The zero-order chi connectivity index (χ0) is 23.0. The number of hydrogen-bond acceptors (Lipinski definition) is 3. The van der Waals surface area contributed by atoms with Gasteiger partial charge in [-0.2, -0.15) is 0 Å². The first kappa shape index (κ1) is 22.3. The highest BCUT2D eigenvalue weighted by Crippen LogP contribution is 2.38. The molecule has 2 aromatic carbocycles. The van der Waals surface area contributed by atoms with Gasteiger partial charge in [0.1, 0.15) is 5.58 Å². The van der Waals surface area contributed by atoms with E-state index < -0.39 is 6.04 Å². The van der Waals surface area contributed by atoms with Crippen LogP contribution in [0, 0.1) is 0 Å². The molecule has 5 heteroatoms. The van der Waals surface area contributed by atoms with Crippen molar-refractivity contribution in [2.24, 2.45) is 0 Å². The summed E-state index contributed by atoms with van der Waals surface area (Å²) in [4.78, 5) is 30.2. The molecule has 1 aliphatic rings. The second-order valence-electron chi connectivity index (χ2n) is 9.65. The van der Waals surface area contributed by atoms with Crippen LogP contribution in [0.3, 0.4) is 0 Å². The van der Waals surface area contributed by atoms with Crippen LogP contribution in [0.4, 0.5) is 0 Å². The van der Waals surface area contributed by atoms with Crippen LogP contribution in [0.5, 0.6) is 0 Å². The lowest BCUT2D eigenvalue weighted by atomic mass is 9.86. The van der Waals surface area contributed by atoms with Crippen molar-refractivity contribution in [3.8, 4) is 0 Å². The van der Waals surface area contributed by atoms with Gasteiger partial charge in [0.2, 0.25) is 5.76 Å². The number of para-hydroxylation sites is 1. The summed E-state index contributed by atoms with van der Waals surface area (Å²) in [5.41, 5.74) is 3.01. The smallest absolute Gasteiger partial charge is 0.291 e. The normalized spacial score (nSPS) is 16.2. The summed E-state index contributed by atoms with van der Waals surface area (Å²) in [7, 11) is 0. The Morgan fingerprint density at radius 3 is 2.25 bits per heavy atom. The Morgan fingerprint density at radius 1 is 0.969 bits per heavy atom. The summed E-state index contributed by atoms with van der Waals surface area (Å²) in [6.45, 7) is 14.2. The third-order valence-corrected chi connectivity index (χ3v) is 6.67. The van der Waals surface area contributed by atoms with Gasteiger partial charge in [-0.05, 0) is 42.5 Å². The maximum atomic E-state index is 13.5. The molecule has 1 aliphatic heterocycles. The molecule has 3 aromatic rings. The molecular formula is C27H33N2O3+. The number of hydrogen-bond donors (Lipinski definition) is 1. The minimum Gasteiger partial charge on any atom is -0.450 e. The number of fused-ring (bicyclic) bond motifs is 2. The quantitative estimate of drug-likeness (QED) is 0.647. The van der Waals surface area contributed by atoms with Gasteiger partial charge in [-0.15, -0.1) is 0 Å². The van der Waals surface area contributed by atoms with Crippen LogP contribution < -0.4 is 10.3 Å². The number of carbonyl (C=O) groups is 1. The molecule has 1 atom stereocenters. The van der Waals surface area contributed by atoms with Gasteiger partial charge in [-0.3, -0.25) is 9.59 Å². The van der Waals surface area contributed by atoms with E-state index in [-0.39, 0.29) is 22.5 Å². The van der Waals surface area contributed by atoms with Gasteiger partial charge in [0, 0.05) is 0 Å². The second-order valence-corrected chi connectivity index (χ2v) is 9.65. The summed E-state index contributed by atoms with van der Waals surface area (Å²) >= 11 is 0. The monoisotopic (exact) mass is 433 g/mol. The number of likely N-dealkylation sites (N-methyl/N-ethyl adjacent to an activating group) is 1. The van der Waals surface area contributed by atoms with Gasteiger partial charge in [0.15, 0.2) is 5.43 Å². The molecule has 0 unspecified atom stereocenters. The van der Waals surface area contributed by atoms with E-state index in [0.717, 1.165) is 25.2 Å². The van der Waals surface area contributed by atoms with Crippen LogP contribution in [0.25, 0.3) is 11.0 Å². The number of nitrogens with zero attached hydrogens (tertiary/aromatic N) is 1. The fourth-order valence-corrected chi connectivity index (χ4v) is 4.59. The predicted octanol–water partition coefficient (Wildman–Crippen LogP) is 3.56. The Morgan fingerprint density at radius 2 is 1.62 bits per heavy atom. The van der Waals surface area contributed by atoms with E-state index in [9.17, 15) is 9.59 Å². The fraction of sp³-hybridized carbons (Fsp3) is 0.407. The molecule has 0 radical (unpaired) electrons. The van der Waals surface area contributed by atoms with E-state index in [2.05, 4.69) is 58.9 Å². The highest BCUT2D eigenvalue weighted by molar-refractivity contribution is 5.99. The molecule has 1 aromatic heterocycles. The molecule has 0 saturated heterocycles. The molecule has 0 spiro atoms. The van der Waals surface area contributed by atoms with Crippen molar-refractivity contribution in [1.29, 1.82) is 0 Å². The topological polar surface area (TPSA) is 55.0 Å². The molecule has 4 rings (SSSR count). The van der Waals surface area contributed by atoms with Crippen molar-refractivity contribution in [3.05, 3.63) is 81.2 Å². The van der Waals surface area contributed by atoms with Gasteiger partial charge in [0.25, 0.3) is 5.91 Å². The second kappa shape index (κ2) is 8.55. The van der Waals surface area contributed by atoms with E-state index in [1.165, 1.54) is 10.5 Å². The molecular weight excluding hydrogens is 400 g/mol. The molecule has 32 heavy (non-hydrogen) atoms. The van der Waals surface area contributed by atoms with Crippen LogP contribution in [0.2, 0.25) is 0 Å². The summed E-state index contributed by atoms with van der Waals surface area (Å²) in [5, 5.41) is 0.520. The Hall–Kier alpha value is -2.92. The van der Waals surface area contributed by atoms with Crippen molar-refractivity contribution in [1.82, 2.24) is 4.90 Å². The average molecular weight is 434 g/mol. The molecule has 0 aliphatic carbocycles. The third-order valence-electron chi connectivity index (χ3n) is 6.67. The first-order valence-corrected chi connectivity index (χ1v) is 11.6. The van der Waals surface area contributed by atoms with E-state index in [0.29, 0.717) is 23.1 Å². The van der Waals surface area contributed by atoms with Gasteiger partial charge in [0.05, 0.1) is 43.2 Å². The Kier molecular flexibility index (Phi) is 5.95. The first-order chi connectivity index (χ1) is 15.3. The van der Waals surface area contributed by atoms with Crippen LogP contribution >= 0.6 is 0 Å². The largest absolute Gasteiger partial charge is 0.450 e. The summed E-state index contributed by atoms with van der Waals surface area (Å²) in [5.74, 6) is -0.00699. The van der Waals surface area contributed by atoms with E-state index in [1.54, 1.807) is 12.1 Å². The Bertz CT molecular complexity index is 1180. The van der Waals surface area contributed by atoms with E-state index in [1.807, 2.05) is 17.0 Å². The van der Waals surface area contributed by atoms with Crippen molar-refractivity contribution >= 4 is 16.9 Å². The number of amides is 1. The van der Waals surface area contributed by atoms with Crippen molar-refractivity contribution in [2.45, 2.75) is 46.1 Å². The van der Waals surface area contributed by atoms with Gasteiger partial charge >= 0.3 is 0 Å². The van der Waals surface area contributed by atoms with Gasteiger partial charge < -0.3 is 14.2 Å².